The normalized spacial score (nSPS) is 17.2. The molecule has 0 aliphatic carbocycles. The lowest BCUT2D eigenvalue weighted by Crippen LogP contribution is -2.30. The smallest absolute Gasteiger partial charge is 0.251 e. The fourth-order valence-corrected chi connectivity index (χ4v) is 4.56. The Bertz CT molecular complexity index is 984. The summed E-state index contributed by atoms with van der Waals surface area (Å²) >= 11 is 0. The first-order valence-corrected chi connectivity index (χ1v) is 11.5. The van der Waals surface area contributed by atoms with Crippen molar-refractivity contribution in [1.29, 1.82) is 0 Å². The van der Waals surface area contributed by atoms with E-state index in [1.54, 1.807) is 19.1 Å². The summed E-state index contributed by atoms with van der Waals surface area (Å²) in [5.74, 6) is 0.219. The number of aliphatic hydroxyl groups is 1. The standard InChI is InChI=1S/C22H28N2O4S/c1-4-29(27,28)18-8-5-15(6-9-18)20(13-25)24-22(26)16-7-10-19-17(11-16)12-23-21(19)14(2)3/h5-11,14,20-21,23,25H,4,12-13H2,1-3H3,(H,24,26)/t20-,21+/m0/s1. The summed E-state index contributed by atoms with van der Waals surface area (Å²) in [7, 11) is -3.29. The third-order valence-corrected chi connectivity index (χ3v) is 7.18. The Hall–Kier alpha value is -2.22. The number of fused-ring (bicyclic) bond motifs is 1. The zero-order valence-corrected chi connectivity index (χ0v) is 17.8. The summed E-state index contributed by atoms with van der Waals surface area (Å²) in [4.78, 5) is 13.0. The van der Waals surface area contributed by atoms with Crippen LogP contribution in [0.25, 0.3) is 0 Å². The lowest BCUT2D eigenvalue weighted by atomic mass is 9.95. The molecule has 7 heteroatoms. The number of amides is 1. The van der Waals surface area contributed by atoms with Gasteiger partial charge < -0.3 is 15.7 Å². The highest BCUT2D eigenvalue weighted by molar-refractivity contribution is 7.91. The van der Waals surface area contributed by atoms with Gasteiger partial charge in [0.2, 0.25) is 0 Å². The zero-order valence-electron chi connectivity index (χ0n) is 17.0. The molecule has 1 heterocycles. The van der Waals surface area contributed by atoms with E-state index in [2.05, 4.69) is 24.5 Å². The van der Waals surface area contributed by atoms with Crippen molar-refractivity contribution in [2.45, 2.75) is 44.3 Å². The Labute approximate surface area is 172 Å². The van der Waals surface area contributed by atoms with Gasteiger partial charge >= 0.3 is 0 Å². The fraction of sp³-hybridized carbons (Fsp3) is 0.409. The van der Waals surface area contributed by atoms with Crippen molar-refractivity contribution >= 4 is 15.7 Å². The van der Waals surface area contributed by atoms with E-state index in [4.69, 9.17) is 0 Å². The van der Waals surface area contributed by atoms with Crippen LogP contribution in [0.1, 0.15) is 59.9 Å². The maximum atomic E-state index is 12.7. The molecule has 0 fully saturated rings. The second-order valence-electron chi connectivity index (χ2n) is 7.70. The van der Waals surface area contributed by atoms with Crippen molar-refractivity contribution in [3.63, 3.8) is 0 Å². The van der Waals surface area contributed by atoms with E-state index in [1.165, 1.54) is 17.7 Å². The van der Waals surface area contributed by atoms with Crippen LogP contribution in [0, 0.1) is 5.92 Å². The van der Waals surface area contributed by atoms with Gasteiger partial charge in [0.15, 0.2) is 9.84 Å². The molecule has 29 heavy (non-hydrogen) atoms. The average Bonchev–Trinajstić information content (AvgIpc) is 3.15. The molecular weight excluding hydrogens is 388 g/mol. The van der Waals surface area contributed by atoms with Gasteiger partial charge in [0.1, 0.15) is 0 Å². The van der Waals surface area contributed by atoms with Crippen LogP contribution in [0.15, 0.2) is 47.4 Å². The van der Waals surface area contributed by atoms with E-state index in [9.17, 15) is 18.3 Å². The van der Waals surface area contributed by atoms with E-state index in [0.29, 0.717) is 23.1 Å². The lowest BCUT2D eigenvalue weighted by molar-refractivity contribution is 0.0916. The number of rotatable bonds is 7. The average molecular weight is 417 g/mol. The van der Waals surface area contributed by atoms with Crippen LogP contribution >= 0.6 is 0 Å². The summed E-state index contributed by atoms with van der Waals surface area (Å²) in [5, 5.41) is 16.1. The molecule has 0 bridgehead atoms. The summed E-state index contributed by atoms with van der Waals surface area (Å²) in [6, 6.07) is 11.7. The van der Waals surface area contributed by atoms with E-state index in [-0.39, 0.29) is 23.2 Å². The highest BCUT2D eigenvalue weighted by Crippen LogP contribution is 2.31. The van der Waals surface area contributed by atoms with Crippen LogP contribution in [0.3, 0.4) is 0 Å². The van der Waals surface area contributed by atoms with Crippen LogP contribution in [-0.4, -0.2) is 31.8 Å². The first kappa shape index (κ1) is 21.5. The van der Waals surface area contributed by atoms with Gasteiger partial charge in [0, 0.05) is 18.2 Å². The van der Waals surface area contributed by atoms with Crippen LogP contribution < -0.4 is 10.6 Å². The van der Waals surface area contributed by atoms with Gasteiger partial charge in [0.05, 0.1) is 23.3 Å². The van der Waals surface area contributed by atoms with Gasteiger partial charge in [-0.3, -0.25) is 4.79 Å². The van der Waals surface area contributed by atoms with Gasteiger partial charge in [-0.15, -0.1) is 0 Å². The molecule has 0 saturated heterocycles. The summed E-state index contributed by atoms with van der Waals surface area (Å²) in [6.07, 6.45) is 0. The molecule has 0 aromatic heterocycles. The Kier molecular flexibility index (Phi) is 6.41. The molecule has 0 unspecified atom stereocenters. The largest absolute Gasteiger partial charge is 0.394 e. The Morgan fingerprint density at radius 3 is 2.48 bits per heavy atom. The highest BCUT2D eigenvalue weighted by Gasteiger charge is 2.25. The van der Waals surface area contributed by atoms with Crippen LogP contribution in [0.4, 0.5) is 0 Å². The van der Waals surface area contributed by atoms with Gasteiger partial charge in [-0.1, -0.05) is 39.0 Å². The molecule has 0 radical (unpaired) electrons. The first-order valence-electron chi connectivity index (χ1n) is 9.87. The van der Waals surface area contributed by atoms with Crippen molar-refractivity contribution in [3.05, 3.63) is 64.7 Å². The Morgan fingerprint density at radius 1 is 1.21 bits per heavy atom. The summed E-state index contributed by atoms with van der Waals surface area (Å²) in [6.45, 7) is 6.37. The summed E-state index contributed by atoms with van der Waals surface area (Å²) < 4.78 is 23.9. The predicted molar refractivity (Wildman–Crippen MR) is 112 cm³/mol. The fourth-order valence-electron chi connectivity index (χ4n) is 3.68. The minimum absolute atomic E-state index is 0.0252. The molecule has 2 atom stereocenters. The van der Waals surface area contributed by atoms with Gasteiger partial charge in [-0.05, 0) is 46.9 Å². The molecule has 2 aromatic rings. The lowest BCUT2D eigenvalue weighted by Gasteiger charge is -2.18. The van der Waals surface area contributed by atoms with E-state index >= 15 is 0 Å². The number of carbonyl (C=O) groups is 1. The van der Waals surface area contributed by atoms with Gasteiger partial charge in [0.25, 0.3) is 5.91 Å². The minimum Gasteiger partial charge on any atom is -0.394 e. The third kappa shape index (κ3) is 4.52. The molecule has 1 amide bonds. The van der Waals surface area contributed by atoms with E-state index in [0.717, 1.165) is 12.1 Å². The number of sulfone groups is 1. The quantitative estimate of drug-likeness (QED) is 0.645. The molecule has 6 nitrogen and oxygen atoms in total. The topological polar surface area (TPSA) is 95.5 Å². The van der Waals surface area contributed by atoms with Crippen molar-refractivity contribution in [3.8, 4) is 0 Å². The number of aliphatic hydroxyl groups excluding tert-OH is 1. The SMILES string of the molecule is CCS(=O)(=O)c1ccc([C@H](CO)NC(=O)c2ccc3c(c2)CN[C@@H]3C(C)C)cc1. The van der Waals surface area contributed by atoms with Crippen LogP contribution in [0.2, 0.25) is 0 Å². The zero-order chi connectivity index (χ0) is 21.2. The maximum absolute atomic E-state index is 12.7. The molecule has 1 aliphatic rings. The van der Waals surface area contributed by atoms with E-state index < -0.39 is 15.9 Å². The van der Waals surface area contributed by atoms with Crippen LogP contribution in [-0.2, 0) is 16.4 Å². The van der Waals surface area contributed by atoms with Crippen molar-refractivity contribution in [1.82, 2.24) is 10.6 Å². The highest BCUT2D eigenvalue weighted by atomic mass is 32.2. The molecule has 2 aromatic carbocycles. The third-order valence-electron chi connectivity index (χ3n) is 5.43. The number of hydrogen-bond donors (Lipinski definition) is 3. The van der Waals surface area contributed by atoms with Gasteiger partial charge in [-0.2, -0.15) is 0 Å². The molecule has 0 spiro atoms. The second-order valence-corrected chi connectivity index (χ2v) is 9.98. The van der Waals surface area contributed by atoms with Crippen LogP contribution in [0.5, 0.6) is 0 Å². The summed E-state index contributed by atoms with van der Waals surface area (Å²) in [5.41, 5.74) is 3.53. The van der Waals surface area contributed by atoms with E-state index in [1.807, 2.05) is 18.2 Å². The predicted octanol–water partition coefficient (Wildman–Crippen LogP) is 2.74. The maximum Gasteiger partial charge on any atom is 0.251 e. The number of nitrogens with one attached hydrogen (secondary N) is 2. The monoisotopic (exact) mass is 416 g/mol. The number of carbonyl (C=O) groups excluding carboxylic acids is 1. The van der Waals surface area contributed by atoms with Crippen molar-refractivity contribution < 1.29 is 18.3 Å². The van der Waals surface area contributed by atoms with Crippen molar-refractivity contribution in [2.75, 3.05) is 12.4 Å². The number of hydrogen-bond acceptors (Lipinski definition) is 5. The Balaban J connectivity index is 1.75. The molecular formula is C22H28N2O4S. The molecule has 0 saturated carbocycles. The Morgan fingerprint density at radius 2 is 1.90 bits per heavy atom. The van der Waals surface area contributed by atoms with Crippen molar-refractivity contribution in [2.24, 2.45) is 5.92 Å². The minimum atomic E-state index is -3.29. The molecule has 3 N–H and O–H groups in total. The first-order chi connectivity index (χ1) is 13.8. The molecule has 3 rings (SSSR count). The molecule has 156 valence electrons. The van der Waals surface area contributed by atoms with Gasteiger partial charge in [-0.25, -0.2) is 8.42 Å². The number of benzene rings is 2. The second kappa shape index (κ2) is 8.65. The molecule has 1 aliphatic heterocycles.